The molecule has 2 aromatic rings. The van der Waals surface area contributed by atoms with Gasteiger partial charge in [0.2, 0.25) is 0 Å². The minimum atomic E-state index is -1.16. The maximum atomic E-state index is 13.5. The summed E-state index contributed by atoms with van der Waals surface area (Å²) < 4.78 is 40.0. The topological polar surface area (TPSA) is 20.2 Å². The molecule has 0 aliphatic rings. The largest absolute Gasteiger partial charge is 0.388 e. The zero-order valence-corrected chi connectivity index (χ0v) is 11.3. The van der Waals surface area contributed by atoms with Crippen LogP contribution < -0.4 is 0 Å². The lowest BCUT2D eigenvalue weighted by Gasteiger charge is -2.12. The Morgan fingerprint density at radius 1 is 1.00 bits per heavy atom. The highest BCUT2D eigenvalue weighted by atomic mass is 79.9. The van der Waals surface area contributed by atoms with Gasteiger partial charge in [-0.3, -0.25) is 0 Å². The van der Waals surface area contributed by atoms with Gasteiger partial charge in [-0.25, -0.2) is 13.2 Å². The molecule has 0 saturated heterocycles. The smallest absolute Gasteiger partial charge is 0.131 e. The Kier molecular flexibility index (Phi) is 4.27. The normalized spacial score (nSPS) is 12.5. The standard InChI is InChI=1S/C14H10BrF3O/c15-9-3-8(4-11(17)6-9)5-14(19)12-2-1-10(16)7-13(12)18/h1-4,6-7,14,19H,5H2. The van der Waals surface area contributed by atoms with Crippen molar-refractivity contribution in [2.45, 2.75) is 12.5 Å². The third kappa shape index (κ3) is 3.58. The molecular weight excluding hydrogens is 321 g/mol. The Bertz CT molecular complexity index is 581. The molecule has 0 radical (unpaired) electrons. The second-order valence-electron chi connectivity index (χ2n) is 4.16. The van der Waals surface area contributed by atoms with E-state index in [9.17, 15) is 18.3 Å². The lowest BCUT2D eigenvalue weighted by atomic mass is 10.0. The molecule has 0 aliphatic carbocycles. The van der Waals surface area contributed by atoms with Gasteiger partial charge in [0, 0.05) is 22.5 Å². The molecule has 0 aromatic heterocycles. The van der Waals surface area contributed by atoms with Gasteiger partial charge in [-0.15, -0.1) is 0 Å². The predicted octanol–water partition coefficient (Wildman–Crippen LogP) is 4.14. The van der Waals surface area contributed by atoms with Gasteiger partial charge in [0.15, 0.2) is 0 Å². The first-order valence-corrected chi connectivity index (χ1v) is 6.33. The molecule has 0 aliphatic heterocycles. The molecule has 1 unspecified atom stereocenters. The van der Waals surface area contributed by atoms with E-state index in [0.717, 1.165) is 6.07 Å². The monoisotopic (exact) mass is 330 g/mol. The van der Waals surface area contributed by atoms with Crippen LogP contribution >= 0.6 is 15.9 Å². The van der Waals surface area contributed by atoms with Crippen LogP contribution in [0.5, 0.6) is 0 Å². The van der Waals surface area contributed by atoms with Gasteiger partial charge < -0.3 is 5.11 Å². The maximum absolute atomic E-state index is 13.5. The van der Waals surface area contributed by atoms with Gasteiger partial charge in [0.05, 0.1) is 6.10 Å². The second kappa shape index (κ2) is 5.75. The molecule has 1 atom stereocenters. The summed E-state index contributed by atoms with van der Waals surface area (Å²) in [5, 5.41) is 9.93. The molecule has 0 saturated carbocycles. The van der Waals surface area contributed by atoms with Crippen molar-refractivity contribution in [1.29, 1.82) is 0 Å². The fraction of sp³-hybridized carbons (Fsp3) is 0.143. The number of aliphatic hydroxyl groups is 1. The summed E-state index contributed by atoms with van der Waals surface area (Å²) in [6, 6.07) is 7.14. The molecule has 0 amide bonds. The summed E-state index contributed by atoms with van der Waals surface area (Å²) >= 11 is 3.14. The summed E-state index contributed by atoms with van der Waals surface area (Å²) in [5.41, 5.74) is 0.505. The summed E-state index contributed by atoms with van der Waals surface area (Å²) in [4.78, 5) is 0. The number of aliphatic hydroxyl groups excluding tert-OH is 1. The Morgan fingerprint density at radius 3 is 2.37 bits per heavy atom. The second-order valence-corrected chi connectivity index (χ2v) is 5.08. The van der Waals surface area contributed by atoms with Crippen LogP contribution in [0, 0.1) is 17.5 Å². The Labute approximate surface area is 116 Å². The minimum absolute atomic E-state index is 0.0122. The SMILES string of the molecule is OC(Cc1cc(F)cc(Br)c1)c1ccc(F)cc1F. The highest BCUT2D eigenvalue weighted by Crippen LogP contribution is 2.24. The molecule has 2 aromatic carbocycles. The van der Waals surface area contributed by atoms with Gasteiger partial charge in [-0.2, -0.15) is 0 Å². The highest BCUT2D eigenvalue weighted by Gasteiger charge is 2.14. The van der Waals surface area contributed by atoms with Crippen molar-refractivity contribution in [2.24, 2.45) is 0 Å². The number of hydrogen-bond acceptors (Lipinski definition) is 1. The quantitative estimate of drug-likeness (QED) is 0.896. The molecule has 0 heterocycles. The van der Waals surface area contributed by atoms with Gasteiger partial charge >= 0.3 is 0 Å². The first-order chi connectivity index (χ1) is 8.95. The summed E-state index contributed by atoms with van der Waals surface area (Å²) in [6.07, 6.45) is -1.12. The van der Waals surface area contributed by atoms with E-state index in [1.165, 1.54) is 18.2 Å². The number of halogens is 4. The van der Waals surface area contributed by atoms with Crippen LogP contribution in [0.15, 0.2) is 40.9 Å². The third-order valence-corrected chi connectivity index (χ3v) is 3.13. The molecule has 0 spiro atoms. The molecule has 100 valence electrons. The molecule has 5 heteroatoms. The molecule has 1 N–H and O–H groups in total. The van der Waals surface area contributed by atoms with Crippen LogP contribution in [0.4, 0.5) is 13.2 Å². The van der Waals surface area contributed by atoms with E-state index in [1.807, 2.05) is 0 Å². The van der Waals surface area contributed by atoms with E-state index < -0.39 is 23.6 Å². The van der Waals surface area contributed by atoms with E-state index in [0.29, 0.717) is 16.1 Å². The van der Waals surface area contributed by atoms with Crippen molar-refractivity contribution in [3.63, 3.8) is 0 Å². The van der Waals surface area contributed by atoms with Crippen LogP contribution in [0.1, 0.15) is 17.2 Å². The molecule has 19 heavy (non-hydrogen) atoms. The number of benzene rings is 2. The Balaban J connectivity index is 2.22. The Hall–Kier alpha value is -1.33. The molecule has 0 bridgehead atoms. The van der Waals surface area contributed by atoms with Crippen LogP contribution in [-0.4, -0.2) is 5.11 Å². The average Bonchev–Trinajstić information content (AvgIpc) is 2.26. The maximum Gasteiger partial charge on any atom is 0.131 e. The third-order valence-electron chi connectivity index (χ3n) is 2.67. The van der Waals surface area contributed by atoms with Crippen LogP contribution in [0.25, 0.3) is 0 Å². The van der Waals surface area contributed by atoms with Crippen molar-refractivity contribution in [3.05, 3.63) is 69.4 Å². The first kappa shape index (κ1) is 14.1. The predicted molar refractivity (Wildman–Crippen MR) is 69.1 cm³/mol. The van der Waals surface area contributed by atoms with Crippen molar-refractivity contribution >= 4 is 15.9 Å². The fourth-order valence-corrected chi connectivity index (χ4v) is 2.35. The summed E-state index contributed by atoms with van der Waals surface area (Å²) in [5.74, 6) is -1.97. The Morgan fingerprint density at radius 2 is 1.74 bits per heavy atom. The average molecular weight is 331 g/mol. The zero-order valence-electron chi connectivity index (χ0n) is 9.71. The molecule has 1 nitrogen and oxygen atoms in total. The molecule has 2 rings (SSSR count). The lowest BCUT2D eigenvalue weighted by molar-refractivity contribution is 0.173. The van der Waals surface area contributed by atoms with Crippen molar-refractivity contribution in [2.75, 3.05) is 0 Å². The zero-order chi connectivity index (χ0) is 14.0. The lowest BCUT2D eigenvalue weighted by Crippen LogP contribution is -2.05. The van der Waals surface area contributed by atoms with E-state index in [-0.39, 0.29) is 12.0 Å². The van der Waals surface area contributed by atoms with Crippen molar-refractivity contribution < 1.29 is 18.3 Å². The fourth-order valence-electron chi connectivity index (χ4n) is 1.83. The van der Waals surface area contributed by atoms with Crippen LogP contribution in [-0.2, 0) is 6.42 Å². The van der Waals surface area contributed by atoms with E-state index in [1.54, 1.807) is 6.07 Å². The van der Waals surface area contributed by atoms with Crippen molar-refractivity contribution in [1.82, 2.24) is 0 Å². The van der Waals surface area contributed by atoms with Gasteiger partial charge in [0.1, 0.15) is 17.5 Å². The van der Waals surface area contributed by atoms with Crippen LogP contribution in [0.2, 0.25) is 0 Å². The van der Waals surface area contributed by atoms with Crippen molar-refractivity contribution in [3.8, 4) is 0 Å². The van der Waals surface area contributed by atoms with Gasteiger partial charge in [0.25, 0.3) is 0 Å². The number of rotatable bonds is 3. The summed E-state index contributed by atoms with van der Waals surface area (Å²) in [6.45, 7) is 0. The van der Waals surface area contributed by atoms with E-state index >= 15 is 0 Å². The minimum Gasteiger partial charge on any atom is -0.388 e. The molecular formula is C14H10BrF3O. The van der Waals surface area contributed by atoms with E-state index in [4.69, 9.17) is 0 Å². The highest BCUT2D eigenvalue weighted by molar-refractivity contribution is 9.10. The summed E-state index contributed by atoms with van der Waals surface area (Å²) in [7, 11) is 0. The number of hydrogen-bond donors (Lipinski definition) is 1. The van der Waals surface area contributed by atoms with E-state index in [2.05, 4.69) is 15.9 Å². The first-order valence-electron chi connectivity index (χ1n) is 5.53. The van der Waals surface area contributed by atoms with Gasteiger partial charge in [-0.05, 0) is 29.8 Å². The van der Waals surface area contributed by atoms with Crippen LogP contribution in [0.3, 0.4) is 0 Å². The van der Waals surface area contributed by atoms with Gasteiger partial charge in [-0.1, -0.05) is 22.0 Å². The molecule has 0 fully saturated rings.